The van der Waals surface area contributed by atoms with E-state index in [-0.39, 0.29) is 0 Å². The number of aliphatic hydroxyl groups excluding tert-OH is 1. The summed E-state index contributed by atoms with van der Waals surface area (Å²) in [4.78, 5) is 5.11. The van der Waals surface area contributed by atoms with Gasteiger partial charge in [-0.05, 0) is 51.7 Å². The van der Waals surface area contributed by atoms with Gasteiger partial charge in [-0.1, -0.05) is 6.92 Å². The summed E-state index contributed by atoms with van der Waals surface area (Å²) in [6.45, 7) is 9.19. The van der Waals surface area contributed by atoms with Crippen molar-refractivity contribution in [2.45, 2.75) is 51.1 Å². The molecule has 0 aromatic heterocycles. The van der Waals surface area contributed by atoms with Crippen molar-refractivity contribution in [3.05, 3.63) is 0 Å². The monoisotopic (exact) mass is 269 g/mol. The quantitative estimate of drug-likeness (QED) is 0.778. The van der Waals surface area contributed by atoms with E-state index in [1.807, 2.05) is 0 Å². The van der Waals surface area contributed by atoms with E-state index in [9.17, 15) is 0 Å². The molecule has 0 aromatic carbocycles. The molecule has 1 aliphatic carbocycles. The Balaban J connectivity index is 1.73. The molecule has 1 heterocycles. The normalized spacial score (nSPS) is 31.3. The van der Waals surface area contributed by atoms with Crippen molar-refractivity contribution in [3.8, 4) is 0 Å². The van der Waals surface area contributed by atoms with Crippen molar-refractivity contribution < 1.29 is 5.11 Å². The van der Waals surface area contributed by atoms with Crippen molar-refractivity contribution in [2.75, 3.05) is 45.9 Å². The van der Waals surface area contributed by atoms with Gasteiger partial charge in [0.05, 0.1) is 6.61 Å². The summed E-state index contributed by atoms with van der Waals surface area (Å²) in [5, 5.41) is 12.6. The minimum atomic E-state index is 0.299. The Labute approximate surface area is 118 Å². The van der Waals surface area contributed by atoms with Crippen molar-refractivity contribution in [1.29, 1.82) is 0 Å². The number of hydrogen-bond acceptors (Lipinski definition) is 4. The lowest BCUT2D eigenvalue weighted by Gasteiger charge is -2.36. The number of β-amino-alcohol motifs (C(OH)–C–C–N with tert-alkyl or cyclic N) is 1. The van der Waals surface area contributed by atoms with E-state index >= 15 is 0 Å². The van der Waals surface area contributed by atoms with Gasteiger partial charge in [0, 0.05) is 31.7 Å². The molecular weight excluding hydrogens is 238 g/mol. The van der Waals surface area contributed by atoms with Gasteiger partial charge in [0.25, 0.3) is 0 Å². The Morgan fingerprint density at radius 3 is 2.53 bits per heavy atom. The molecule has 4 nitrogen and oxygen atoms in total. The topological polar surface area (TPSA) is 38.7 Å². The lowest BCUT2D eigenvalue weighted by atomic mass is 9.90. The molecule has 0 atom stereocenters. The summed E-state index contributed by atoms with van der Waals surface area (Å²) in [5.41, 5.74) is 0. The van der Waals surface area contributed by atoms with Gasteiger partial charge in [0.15, 0.2) is 0 Å². The smallest absolute Gasteiger partial charge is 0.0558 e. The molecular formula is C15H31N3O. The maximum Gasteiger partial charge on any atom is 0.0558 e. The van der Waals surface area contributed by atoms with E-state index in [1.165, 1.54) is 45.2 Å². The van der Waals surface area contributed by atoms with Gasteiger partial charge in [-0.15, -0.1) is 0 Å². The van der Waals surface area contributed by atoms with Crippen LogP contribution >= 0.6 is 0 Å². The summed E-state index contributed by atoms with van der Waals surface area (Å²) in [7, 11) is 0. The Morgan fingerprint density at radius 1 is 1.05 bits per heavy atom. The third kappa shape index (κ3) is 4.71. The van der Waals surface area contributed by atoms with E-state index in [0.717, 1.165) is 38.3 Å². The van der Waals surface area contributed by atoms with E-state index in [0.29, 0.717) is 6.61 Å². The fraction of sp³-hybridized carbons (Fsp3) is 1.00. The number of hydrogen-bond donors (Lipinski definition) is 2. The molecule has 0 bridgehead atoms. The minimum absolute atomic E-state index is 0.299. The summed E-state index contributed by atoms with van der Waals surface area (Å²) in [6.07, 6.45) is 6.66. The Hall–Kier alpha value is -0.160. The maximum atomic E-state index is 9.04. The zero-order chi connectivity index (χ0) is 13.5. The summed E-state index contributed by atoms with van der Waals surface area (Å²) < 4.78 is 0. The van der Waals surface area contributed by atoms with Crippen LogP contribution in [0.1, 0.15) is 39.0 Å². The Morgan fingerprint density at radius 2 is 1.84 bits per heavy atom. The fourth-order valence-electron chi connectivity index (χ4n) is 3.65. The van der Waals surface area contributed by atoms with Crippen LogP contribution in [-0.4, -0.2) is 72.9 Å². The Kier molecular flexibility index (Phi) is 6.57. The predicted molar refractivity (Wildman–Crippen MR) is 79.4 cm³/mol. The van der Waals surface area contributed by atoms with Crippen LogP contribution in [0.25, 0.3) is 0 Å². The second kappa shape index (κ2) is 8.20. The number of aliphatic hydroxyl groups is 1. The molecule has 2 N–H and O–H groups in total. The van der Waals surface area contributed by atoms with Crippen LogP contribution in [0.5, 0.6) is 0 Å². The molecule has 0 aromatic rings. The van der Waals surface area contributed by atoms with Crippen molar-refractivity contribution in [2.24, 2.45) is 0 Å². The first-order valence-electron chi connectivity index (χ1n) is 8.14. The van der Waals surface area contributed by atoms with Crippen LogP contribution < -0.4 is 5.32 Å². The van der Waals surface area contributed by atoms with E-state index < -0.39 is 0 Å². The standard InChI is InChI=1S/C15H31N3O/c1-2-16-14-4-6-15(7-5-14)18-9-3-8-17(10-11-18)12-13-19/h14-16,19H,2-13H2,1H3. The molecule has 0 radical (unpaired) electrons. The first-order valence-corrected chi connectivity index (χ1v) is 8.14. The molecule has 2 rings (SSSR count). The molecule has 0 amide bonds. The molecule has 0 unspecified atom stereocenters. The van der Waals surface area contributed by atoms with Crippen LogP contribution in [0.3, 0.4) is 0 Å². The van der Waals surface area contributed by atoms with Crippen molar-refractivity contribution in [3.63, 3.8) is 0 Å². The lowest BCUT2D eigenvalue weighted by molar-refractivity contribution is 0.143. The van der Waals surface area contributed by atoms with Gasteiger partial charge >= 0.3 is 0 Å². The highest BCUT2D eigenvalue weighted by atomic mass is 16.3. The van der Waals surface area contributed by atoms with Gasteiger partial charge in [-0.25, -0.2) is 0 Å². The average molecular weight is 269 g/mol. The summed E-state index contributed by atoms with van der Waals surface area (Å²) >= 11 is 0. The molecule has 1 aliphatic heterocycles. The molecule has 2 fully saturated rings. The third-order valence-corrected chi connectivity index (χ3v) is 4.75. The number of nitrogens with one attached hydrogen (secondary N) is 1. The van der Waals surface area contributed by atoms with Crippen LogP contribution in [0.4, 0.5) is 0 Å². The minimum Gasteiger partial charge on any atom is -0.395 e. The van der Waals surface area contributed by atoms with E-state index in [4.69, 9.17) is 5.11 Å². The van der Waals surface area contributed by atoms with Gasteiger partial charge in [-0.3, -0.25) is 9.80 Å². The van der Waals surface area contributed by atoms with Gasteiger partial charge < -0.3 is 10.4 Å². The highest BCUT2D eigenvalue weighted by molar-refractivity contribution is 4.84. The second-order valence-electron chi connectivity index (χ2n) is 6.02. The zero-order valence-corrected chi connectivity index (χ0v) is 12.5. The number of nitrogens with zero attached hydrogens (tertiary/aromatic N) is 2. The van der Waals surface area contributed by atoms with E-state index in [2.05, 4.69) is 22.0 Å². The molecule has 2 aliphatic rings. The first kappa shape index (κ1) is 15.2. The fourth-order valence-corrected chi connectivity index (χ4v) is 3.65. The van der Waals surface area contributed by atoms with Crippen LogP contribution in [0.2, 0.25) is 0 Å². The van der Waals surface area contributed by atoms with Gasteiger partial charge in [0.1, 0.15) is 0 Å². The van der Waals surface area contributed by atoms with Crippen molar-refractivity contribution >= 4 is 0 Å². The first-order chi connectivity index (χ1) is 9.33. The zero-order valence-electron chi connectivity index (χ0n) is 12.5. The lowest BCUT2D eigenvalue weighted by Crippen LogP contribution is -2.44. The predicted octanol–water partition coefficient (Wildman–Crippen LogP) is 0.907. The van der Waals surface area contributed by atoms with Crippen LogP contribution in [-0.2, 0) is 0 Å². The maximum absolute atomic E-state index is 9.04. The van der Waals surface area contributed by atoms with Crippen LogP contribution in [0.15, 0.2) is 0 Å². The highest BCUT2D eigenvalue weighted by Crippen LogP contribution is 2.24. The molecule has 0 spiro atoms. The SMILES string of the molecule is CCNC1CCC(N2CCCN(CCO)CC2)CC1. The molecule has 1 saturated heterocycles. The van der Waals surface area contributed by atoms with Crippen molar-refractivity contribution in [1.82, 2.24) is 15.1 Å². The summed E-state index contributed by atoms with van der Waals surface area (Å²) in [5.74, 6) is 0. The Bertz CT molecular complexity index is 242. The molecule has 112 valence electrons. The third-order valence-electron chi connectivity index (χ3n) is 4.75. The van der Waals surface area contributed by atoms with E-state index in [1.54, 1.807) is 0 Å². The second-order valence-corrected chi connectivity index (χ2v) is 6.02. The van der Waals surface area contributed by atoms with Gasteiger partial charge in [-0.2, -0.15) is 0 Å². The van der Waals surface area contributed by atoms with Crippen LogP contribution in [0, 0.1) is 0 Å². The molecule has 4 heteroatoms. The average Bonchev–Trinajstić information content (AvgIpc) is 2.66. The molecule has 1 saturated carbocycles. The largest absolute Gasteiger partial charge is 0.395 e. The number of rotatable bonds is 5. The molecule has 19 heavy (non-hydrogen) atoms. The summed E-state index contributed by atoms with van der Waals surface area (Å²) in [6, 6.07) is 1.57. The highest BCUT2D eigenvalue weighted by Gasteiger charge is 2.26. The van der Waals surface area contributed by atoms with Gasteiger partial charge in [0.2, 0.25) is 0 Å².